The minimum atomic E-state index is 0.285. The summed E-state index contributed by atoms with van der Waals surface area (Å²) in [5, 5.41) is 3.54. The van der Waals surface area contributed by atoms with Gasteiger partial charge in [-0.2, -0.15) is 0 Å². The third-order valence-electron chi connectivity index (χ3n) is 5.32. The van der Waals surface area contributed by atoms with Crippen molar-refractivity contribution in [2.24, 2.45) is 5.92 Å². The predicted molar refractivity (Wildman–Crippen MR) is 76.8 cm³/mol. The third kappa shape index (κ3) is 1.52. The molecule has 2 fully saturated rings. The van der Waals surface area contributed by atoms with Crippen LogP contribution >= 0.6 is 0 Å². The van der Waals surface area contributed by atoms with Gasteiger partial charge >= 0.3 is 0 Å². The van der Waals surface area contributed by atoms with E-state index < -0.39 is 0 Å². The Morgan fingerprint density at radius 3 is 3.05 bits per heavy atom. The van der Waals surface area contributed by atoms with Gasteiger partial charge in [0.15, 0.2) is 0 Å². The maximum absolute atomic E-state index is 6.00. The van der Waals surface area contributed by atoms with Crippen molar-refractivity contribution in [3.63, 3.8) is 0 Å². The number of hydrogen-bond acceptors (Lipinski definition) is 4. The Kier molecular flexibility index (Phi) is 2.28. The van der Waals surface area contributed by atoms with Crippen LogP contribution in [0.4, 0.5) is 5.82 Å². The van der Waals surface area contributed by atoms with Gasteiger partial charge in [0.25, 0.3) is 0 Å². The Balaban J connectivity index is 1.58. The van der Waals surface area contributed by atoms with Crippen molar-refractivity contribution in [1.29, 1.82) is 0 Å². The number of rotatable bonds is 1. The van der Waals surface area contributed by atoms with E-state index in [0.717, 1.165) is 32.0 Å². The lowest BCUT2D eigenvalue weighted by Gasteiger charge is -2.37. The molecule has 3 aliphatic heterocycles. The number of ether oxygens (including phenoxy) is 1. The zero-order valence-corrected chi connectivity index (χ0v) is 11.9. The van der Waals surface area contributed by atoms with E-state index in [2.05, 4.69) is 23.2 Å². The molecule has 0 radical (unpaired) electrons. The molecular formula is C16H21N3O. The van der Waals surface area contributed by atoms with Crippen LogP contribution in [0.3, 0.4) is 0 Å². The fourth-order valence-corrected chi connectivity index (χ4v) is 4.18. The van der Waals surface area contributed by atoms with Gasteiger partial charge in [0.1, 0.15) is 11.9 Å². The average molecular weight is 271 g/mol. The fraction of sp³-hybridized carbons (Fsp3) is 0.688. The zero-order chi connectivity index (χ0) is 13.3. The molecule has 4 nitrogen and oxygen atoms in total. The van der Waals surface area contributed by atoms with Crippen molar-refractivity contribution in [2.75, 3.05) is 18.0 Å². The number of anilines is 1. The number of pyridine rings is 1. The Bertz CT molecular complexity index is 569. The van der Waals surface area contributed by atoms with Gasteiger partial charge in [-0.1, -0.05) is 0 Å². The molecule has 1 saturated carbocycles. The number of nitrogens with zero attached hydrogens (tertiary/aromatic N) is 2. The summed E-state index contributed by atoms with van der Waals surface area (Å²) in [6, 6.07) is 3.52. The van der Waals surface area contributed by atoms with Crippen LogP contribution in [-0.2, 0) is 17.8 Å². The maximum atomic E-state index is 6.00. The highest BCUT2D eigenvalue weighted by Gasteiger charge is 2.42. The van der Waals surface area contributed by atoms with E-state index in [1.807, 2.05) is 0 Å². The molecule has 3 atom stereocenters. The smallest absolute Gasteiger partial charge is 0.132 e. The average Bonchev–Trinajstić information content (AvgIpc) is 3.09. The molecule has 0 spiro atoms. The highest BCUT2D eigenvalue weighted by atomic mass is 16.5. The summed E-state index contributed by atoms with van der Waals surface area (Å²) >= 11 is 0. The molecule has 0 unspecified atom stereocenters. The lowest BCUT2D eigenvalue weighted by Crippen LogP contribution is -2.55. The Hall–Kier alpha value is -1.13. The lowest BCUT2D eigenvalue weighted by molar-refractivity contribution is 0.0488. The standard InChI is InChI=1S/C16H21N3O/c1-9-6-17-7-13-5-11-4-12-8-20-15(10-2-3-10)14(12)18-16(11)19(9)13/h4,9-10,13,15,17H,2-3,5-8H2,1H3/t9-,13-,15+/m1/s1. The van der Waals surface area contributed by atoms with Gasteiger partial charge < -0.3 is 15.0 Å². The van der Waals surface area contributed by atoms with E-state index >= 15 is 0 Å². The summed E-state index contributed by atoms with van der Waals surface area (Å²) in [5.41, 5.74) is 4.03. The van der Waals surface area contributed by atoms with E-state index in [9.17, 15) is 0 Å². The number of nitrogens with one attached hydrogen (secondary N) is 1. The summed E-state index contributed by atoms with van der Waals surface area (Å²) in [6.07, 6.45) is 4.05. The zero-order valence-electron chi connectivity index (χ0n) is 11.9. The van der Waals surface area contributed by atoms with Crippen molar-refractivity contribution in [3.05, 3.63) is 22.9 Å². The number of piperazine rings is 1. The van der Waals surface area contributed by atoms with E-state index in [4.69, 9.17) is 9.72 Å². The monoisotopic (exact) mass is 271 g/mol. The van der Waals surface area contributed by atoms with Gasteiger partial charge in [0.05, 0.1) is 12.3 Å². The first-order chi connectivity index (χ1) is 9.81. The number of aromatic nitrogens is 1. The summed E-state index contributed by atoms with van der Waals surface area (Å²) in [6.45, 7) is 5.23. The molecule has 0 bridgehead atoms. The molecule has 0 amide bonds. The van der Waals surface area contributed by atoms with Gasteiger partial charge in [-0.3, -0.25) is 0 Å². The van der Waals surface area contributed by atoms with Crippen molar-refractivity contribution < 1.29 is 4.74 Å². The first-order valence-electron chi connectivity index (χ1n) is 7.94. The molecule has 1 saturated heterocycles. The molecular weight excluding hydrogens is 250 g/mol. The Morgan fingerprint density at radius 1 is 1.30 bits per heavy atom. The molecule has 1 aliphatic carbocycles. The molecule has 1 aromatic rings. The van der Waals surface area contributed by atoms with Gasteiger partial charge in [-0.15, -0.1) is 0 Å². The predicted octanol–water partition coefficient (Wildman–Crippen LogP) is 1.79. The van der Waals surface area contributed by atoms with Crippen LogP contribution in [0.15, 0.2) is 6.07 Å². The fourth-order valence-electron chi connectivity index (χ4n) is 4.18. The van der Waals surface area contributed by atoms with Crippen LogP contribution in [0.2, 0.25) is 0 Å². The second kappa shape index (κ2) is 3.95. The van der Waals surface area contributed by atoms with Crippen molar-refractivity contribution in [1.82, 2.24) is 10.3 Å². The topological polar surface area (TPSA) is 37.4 Å². The van der Waals surface area contributed by atoms with E-state index in [0.29, 0.717) is 12.1 Å². The highest BCUT2D eigenvalue weighted by molar-refractivity contribution is 5.58. The Morgan fingerprint density at radius 2 is 2.20 bits per heavy atom. The van der Waals surface area contributed by atoms with Crippen molar-refractivity contribution in [2.45, 2.75) is 51.0 Å². The molecule has 0 aromatic carbocycles. The van der Waals surface area contributed by atoms with Crippen LogP contribution in [0.25, 0.3) is 0 Å². The van der Waals surface area contributed by atoms with Crippen molar-refractivity contribution >= 4 is 5.82 Å². The molecule has 5 rings (SSSR count). The minimum absolute atomic E-state index is 0.285. The largest absolute Gasteiger partial charge is 0.367 e. The lowest BCUT2D eigenvalue weighted by atomic mass is 10.0. The van der Waals surface area contributed by atoms with E-state index in [1.54, 1.807) is 0 Å². The summed E-state index contributed by atoms with van der Waals surface area (Å²) < 4.78 is 6.00. The van der Waals surface area contributed by atoms with E-state index in [1.165, 1.54) is 35.5 Å². The van der Waals surface area contributed by atoms with Gasteiger partial charge in [-0.05, 0) is 43.7 Å². The number of fused-ring (bicyclic) bond motifs is 4. The van der Waals surface area contributed by atoms with Crippen LogP contribution in [0, 0.1) is 5.92 Å². The summed E-state index contributed by atoms with van der Waals surface area (Å²) in [4.78, 5) is 7.63. The molecule has 20 heavy (non-hydrogen) atoms. The normalized spacial score (nSPS) is 34.9. The van der Waals surface area contributed by atoms with Crippen LogP contribution < -0.4 is 10.2 Å². The van der Waals surface area contributed by atoms with Gasteiger partial charge in [0, 0.05) is 30.7 Å². The summed E-state index contributed by atoms with van der Waals surface area (Å²) in [7, 11) is 0. The van der Waals surface area contributed by atoms with Crippen LogP contribution in [-0.4, -0.2) is 30.2 Å². The molecule has 4 heteroatoms. The van der Waals surface area contributed by atoms with E-state index in [-0.39, 0.29) is 6.10 Å². The second-order valence-electron chi connectivity index (χ2n) is 6.86. The van der Waals surface area contributed by atoms with Crippen LogP contribution in [0.5, 0.6) is 0 Å². The number of hydrogen-bond donors (Lipinski definition) is 1. The molecule has 4 heterocycles. The SMILES string of the molecule is C[C@@H]1CNC[C@H]2Cc3cc4c(nc3N21)[C@H](C1CC1)OC4. The second-order valence-corrected chi connectivity index (χ2v) is 6.86. The minimum Gasteiger partial charge on any atom is -0.367 e. The maximum Gasteiger partial charge on any atom is 0.132 e. The third-order valence-corrected chi connectivity index (χ3v) is 5.32. The van der Waals surface area contributed by atoms with Gasteiger partial charge in [0.2, 0.25) is 0 Å². The molecule has 1 N–H and O–H groups in total. The van der Waals surface area contributed by atoms with Gasteiger partial charge in [-0.25, -0.2) is 4.98 Å². The highest BCUT2D eigenvalue weighted by Crippen LogP contribution is 2.48. The molecule has 1 aromatic heterocycles. The summed E-state index contributed by atoms with van der Waals surface area (Å²) in [5.74, 6) is 1.98. The molecule has 4 aliphatic rings. The van der Waals surface area contributed by atoms with Crippen molar-refractivity contribution in [3.8, 4) is 0 Å². The Labute approximate surface area is 119 Å². The molecule has 106 valence electrons. The van der Waals surface area contributed by atoms with Crippen LogP contribution in [0.1, 0.15) is 42.7 Å². The first-order valence-corrected chi connectivity index (χ1v) is 7.94. The first kappa shape index (κ1) is 11.5. The quantitative estimate of drug-likeness (QED) is 0.845.